The highest BCUT2D eigenvalue weighted by molar-refractivity contribution is 4.93. The number of nitrogens with zero attached hydrogens (tertiary/aromatic N) is 1. The van der Waals surface area contributed by atoms with E-state index in [4.69, 9.17) is 0 Å². The van der Waals surface area contributed by atoms with Gasteiger partial charge >= 0.3 is 0 Å². The Kier molecular flexibility index (Phi) is 2.61. The molecule has 0 amide bonds. The van der Waals surface area contributed by atoms with E-state index in [2.05, 4.69) is 31.1 Å². The van der Waals surface area contributed by atoms with Crippen molar-refractivity contribution in [3.63, 3.8) is 0 Å². The molecule has 1 aliphatic carbocycles. The highest BCUT2D eigenvalue weighted by Gasteiger charge is 2.37. The second-order valence-electron chi connectivity index (χ2n) is 5.00. The first kappa shape index (κ1) is 9.47. The number of nitrogens with one attached hydrogen (secondary N) is 1. The second-order valence-corrected chi connectivity index (χ2v) is 5.00. The van der Waals surface area contributed by atoms with Gasteiger partial charge < -0.3 is 5.32 Å². The first-order valence-electron chi connectivity index (χ1n) is 5.63. The van der Waals surface area contributed by atoms with Gasteiger partial charge in [-0.05, 0) is 44.8 Å². The Morgan fingerprint density at radius 2 is 1.62 bits per heavy atom. The van der Waals surface area contributed by atoms with Gasteiger partial charge in [-0.3, -0.25) is 4.90 Å². The van der Waals surface area contributed by atoms with Crippen molar-refractivity contribution in [3.05, 3.63) is 0 Å². The number of piperidine rings is 1. The van der Waals surface area contributed by atoms with Crippen molar-refractivity contribution in [1.82, 2.24) is 10.2 Å². The molecular formula is C11H22N2. The normalized spacial score (nSPS) is 41.1. The Hall–Kier alpha value is -0.0800. The molecule has 76 valence electrons. The molecular weight excluding hydrogens is 160 g/mol. The number of hydrogen-bond donors (Lipinski definition) is 1. The molecule has 0 bridgehead atoms. The minimum Gasteiger partial charge on any atom is -0.316 e. The molecule has 1 saturated heterocycles. The molecule has 2 nitrogen and oxygen atoms in total. The zero-order valence-electron chi connectivity index (χ0n) is 9.09. The van der Waals surface area contributed by atoms with Gasteiger partial charge in [0, 0.05) is 12.1 Å². The highest BCUT2D eigenvalue weighted by Crippen LogP contribution is 2.32. The van der Waals surface area contributed by atoms with E-state index in [0.29, 0.717) is 0 Å². The van der Waals surface area contributed by atoms with E-state index in [1.165, 1.54) is 25.9 Å². The van der Waals surface area contributed by atoms with Gasteiger partial charge in [-0.2, -0.15) is 0 Å². The van der Waals surface area contributed by atoms with Crippen LogP contribution in [-0.4, -0.2) is 37.1 Å². The molecule has 2 atom stereocenters. The smallest absolute Gasteiger partial charge is 0.0171 e. The van der Waals surface area contributed by atoms with Crippen LogP contribution >= 0.6 is 0 Å². The Balaban J connectivity index is 1.99. The highest BCUT2D eigenvalue weighted by atomic mass is 15.2. The van der Waals surface area contributed by atoms with Crippen LogP contribution in [0.4, 0.5) is 0 Å². The topological polar surface area (TPSA) is 15.3 Å². The van der Waals surface area contributed by atoms with Crippen LogP contribution in [0.25, 0.3) is 0 Å². The molecule has 2 heteroatoms. The Morgan fingerprint density at radius 3 is 2.08 bits per heavy atom. The van der Waals surface area contributed by atoms with Gasteiger partial charge in [0.1, 0.15) is 0 Å². The first-order chi connectivity index (χ1) is 6.20. The van der Waals surface area contributed by atoms with E-state index in [-0.39, 0.29) is 0 Å². The van der Waals surface area contributed by atoms with Crippen molar-refractivity contribution >= 4 is 0 Å². The Bertz CT molecular complexity index is 167. The van der Waals surface area contributed by atoms with Crippen molar-refractivity contribution in [1.29, 1.82) is 0 Å². The van der Waals surface area contributed by atoms with E-state index in [9.17, 15) is 0 Å². The third-order valence-corrected chi connectivity index (χ3v) is 3.69. The molecule has 13 heavy (non-hydrogen) atoms. The maximum atomic E-state index is 3.50. The molecule has 0 aromatic heterocycles. The largest absolute Gasteiger partial charge is 0.316 e. The fourth-order valence-corrected chi connectivity index (χ4v) is 2.87. The van der Waals surface area contributed by atoms with Crippen molar-refractivity contribution in [2.45, 2.75) is 38.8 Å². The maximum absolute atomic E-state index is 3.50. The maximum Gasteiger partial charge on any atom is 0.0171 e. The molecule has 0 aromatic rings. The molecule has 1 saturated carbocycles. The van der Waals surface area contributed by atoms with E-state index < -0.39 is 0 Å². The summed E-state index contributed by atoms with van der Waals surface area (Å²) >= 11 is 0. The van der Waals surface area contributed by atoms with E-state index >= 15 is 0 Å². The summed E-state index contributed by atoms with van der Waals surface area (Å²) in [4.78, 5) is 2.64. The van der Waals surface area contributed by atoms with Gasteiger partial charge in [0.2, 0.25) is 0 Å². The van der Waals surface area contributed by atoms with E-state index in [1.54, 1.807) is 0 Å². The summed E-state index contributed by atoms with van der Waals surface area (Å²) < 4.78 is 0. The summed E-state index contributed by atoms with van der Waals surface area (Å²) in [5, 5.41) is 3.50. The second kappa shape index (κ2) is 3.58. The molecule has 2 aliphatic rings. The van der Waals surface area contributed by atoms with Crippen LogP contribution in [0, 0.1) is 11.8 Å². The van der Waals surface area contributed by atoms with Gasteiger partial charge in [0.15, 0.2) is 0 Å². The zero-order chi connectivity index (χ0) is 9.42. The lowest BCUT2D eigenvalue weighted by molar-refractivity contribution is 0.0961. The molecule has 2 fully saturated rings. The van der Waals surface area contributed by atoms with Gasteiger partial charge in [0.05, 0.1) is 0 Å². The molecule has 2 rings (SSSR count). The zero-order valence-corrected chi connectivity index (χ0v) is 9.09. The standard InChI is InChI=1S/C11H22N2/c1-8-6-12-7-9(2)11(8)13(3)10-4-5-10/h8-12H,4-7H2,1-3H3. The monoisotopic (exact) mass is 182 g/mol. The SMILES string of the molecule is CC1CNCC(C)C1N(C)C1CC1. The van der Waals surface area contributed by atoms with E-state index in [1.807, 2.05) is 0 Å². The lowest BCUT2D eigenvalue weighted by atomic mass is 9.86. The lowest BCUT2D eigenvalue weighted by Crippen LogP contribution is -2.53. The summed E-state index contributed by atoms with van der Waals surface area (Å²) in [6.45, 7) is 7.16. The van der Waals surface area contributed by atoms with Gasteiger partial charge in [-0.15, -0.1) is 0 Å². The van der Waals surface area contributed by atoms with Crippen molar-refractivity contribution in [3.8, 4) is 0 Å². The van der Waals surface area contributed by atoms with Crippen LogP contribution in [0.1, 0.15) is 26.7 Å². The average molecular weight is 182 g/mol. The van der Waals surface area contributed by atoms with Crippen molar-refractivity contribution < 1.29 is 0 Å². The molecule has 0 aromatic carbocycles. The molecule has 1 aliphatic heterocycles. The fourth-order valence-electron chi connectivity index (χ4n) is 2.87. The van der Waals surface area contributed by atoms with Crippen molar-refractivity contribution in [2.24, 2.45) is 11.8 Å². The third kappa shape index (κ3) is 1.89. The fraction of sp³-hybridized carbons (Fsp3) is 1.00. The molecule has 2 unspecified atom stereocenters. The quantitative estimate of drug-likeness (QED) is 0.693. The Morgan fingerprint density at radius 1 is 1.08 bits per heavy atom. The van der Waals surface area contributed by atoms with Crippen LogP contribution < -0.4 is 5.32 Å². The molecule has 1 N–H and O–H groups in total. The van der Waals surface area contributed by atoms with Gasteiger partial charge in [0.25, 0.3) is 0 Å². The van der Waals surface area contributed by atoms with Crippen LogP contribution in [0.3, 0.4) is 0 Å². The average Bonchev–Trinajstić information content (AvgIpc) is 2.85. The number of hydrogen-bond acceptors (Lipinski definition) is 2. The van der Waals surface area contributed by atoms with Gasteiger partial charge in [-0.1, -0.05) is 13.8 Å². The molecule has 1 heterocycles. The molecule has 0 radical (unpaired) electrons. The summed E-state index contributed by atoms with van der Waals surface area (Å²) in [6, 6.07) is 1.72. The lowest BCUT2D eigenvalue weighted by Gasteiger charge is -2.41. The minimum atomic E-state index is 0.814. The minimum absolute atomic E-state index is 0.814. The van der Waals surface area contributed by atoms with Crippen LogP contribution in [0.15, 0.2) is 0 Å². The summed E-state index contributed by atoms with van der Waals surface area (Å²) in [5.41, 5.74) is 0. The van der Waals surface area contributed by atoms with Crippen LogP contribution in [-0.2, 0) is 0 Å². The third-order valence-electron chi connectivity index (χ3n) is 3.69. The number of rotatable bonds is 2. The summed E-state index contributed by atoms with van der Waals surface area (Å²) in [7, 11) is 2.32. The van der Waals surface area contributed by atoms with E-state index in [0.717, 1.165) is 23.9 Å². The summed E-state index contributed by atoms with van der Waals surface area (Å²) in [5.74, 6) is 1.63. The predicted molar refractivity (Wildman–Crippen MR) is 55.8 cm³/mol. The first-order valence-corrected chi connectivity index (χ1v) is 5.63. The summed E-state index contributed by atoms with van der Waals surface area (Å²) in [6.07, 6.45) is 2.86. The van der Waals surface area contributed by atoms with Crippen LogP contribution in [0.5, 0.6) is 0 Å². The Labute approximate surface area is 81.7 Å². The predicted octanol–water partition coefficient (Wildman–Crippen LogP) is 1.32. The van der Waals surface area contributed by atoms with Gasteiger partial charge in [-0.25, -0.2) is 0 Å². The molecule has 0 spiro atoms. The van der Waals surface area contributed by atoms with Crippen LogP contribution in [0.2, 0.25) is 0 Å². The van der Waals surface area contributed by atoms with Crippen molar-refractivity contribution in [2.75, 3.05) is 20.1 Å².